The van der Waals surface area contributed by atoms with E-state index in [1.165, 1.54) is 19.4 Å². The number of ether oxygens (including phenoxy) is 1. The van der Waals surface area contributed by atoms with E-state index < -0.39 is 0 Å². The maximum absolute atomic E-state index is 6.07. The van der Waals surface area contributed by atoms with Gasteiger partial charge in [-0.05, 0) is 31.8 Å². The molecule has 0 spiro atoms. The zero-order valence-corrected chi connectivity index (χ0v) is 11.1. The molecule has 3 unspecified atom stereocenters. The highest BCUT2D eigenvalue weighted by Crippen LogP contribution is 2.29. The van der Waals surface area contributed by atoms with Gasteiger partial charge in [0.15, 0.2) is 0 Å². The summed E-state index contributed by atoms with van der Waals surface area (Å²) in [6.45, 7) is 10.2. The van der Waals surface area contributed by atoms with Crippen LogP contribution in [0.5, 0.6) is 0 Å². The van der Waals surface area contributed by atoms with Crippen LogP contribution in [0, 0.1) is 5.41 Å². The van der Waals surface area contributed by atoms with E-state index in [4.69, 9.17) is 4.74 Å². The van der Waals surface area contributed by atoms with Gasteiger partial charge >= 0.3 is 0 Å². The first-order valence-corrected chi connectivity index (χ1v) is 6.55. The van der Waals surface area contributed by atoms with Gasteiger partial charge in [0.05, 0.1) is 12.7 Å². The lowest BCUT2D eigenvalue weighted by Crippen LogP contribution is -2.57. The molecule has 2 saturated heterocycles. The van der Waals surface area contributed by atoms with Crippen molar-refractivity contribution in [2.24, 2.45) is 5.41 Å². The Balaban J connectivity index is 1.99. The minimum atomic E-state index is 0.256. The highest BCUT2D eigenvalue weighted by atomic mass is 16.5. The lowest BCUT2D eigenvalue weighted by atomic mass is 9.82. The number of hydrogen-bond donors (Lipinski definition) is 1. The second-order valence-electron chi connectivity index (χ2n) is 6.30. The first-order valence-electron chi connectivity index (χ1n) is 6.55. The Morgan fingerprint density at radius 3 is 2.75 bits per heavy atom. The Labute approximate surface area is 99.5 Å². The van der Waals surface area contributed by atoms with E-state index in [-0.39, 0.29) is 5.41 Å². The molecule has 0 radical (unpaired) electrons. The van der Waals surface area contributed by atoms with Gasteiger partial charge in [-0.15, -0.1) is 0 Å². The van der Waals surface area contributed by atoms with Crippen molar-refractivity contribution in [3.63, 3.8) is 0 Å². The van der Waals surface area contributed by atoms with Gasteiger partial charge in [0.1, 0.15) is 0 Å². The van der Waals surface area contributed by atoms with Gasteiger partial charge < -0.3 is 10.1 Å². The van der Waals surface area contributed by atoms with Gasteiger partial charge in [-0.3, -0.25) is 4.90 Å². The van der Waals surface area contributed by atoms with Gasteiger partial charge in [-0.1, -0.05) is 20.8 Å². The van der Waals surface area contributed by atoms with E-state index in [1.54, 1.807) is 0 Å². The minimum Gasteiger partial charge on any atom is -0.374 e. The van der Waals surface area contributed by atoms with Crippen molar-refractivity contribution in [1.82, 2.24) is 10.2 Å². The van der Waals surface area contributed by atoms with Crippen LogP contribution in [0.25, 0.3) is 0 Å². The summed E-state index contributed by atoms with van der Waals surface area (Å²) in [6, 6.07) is 1.14. The maximum atomic E-state index is 6.07. The van der Waals surface area contributed by atoms with E-state index >= 15 is 0 Å². The number of fused-ring (bicyclic) bond motifs is 1. The fraction of sp³-hybridized carbons (Fsp3) is 1.00. The highest BCUT2D eigenvalue weighted by Gasteiger charge is 2.39. The van der Waals surface area contributed by atoms with Crippen LogP contribution < -0.4 is 5.32 Å². The van der Waals surface area contributed by atoms with Crippen molar-refractivity contribution in [2.45, 2.75) is 51.8 Å². The molecule has 0 aromatic heterocycles. The zero-order valence-electron chi connectivity index (χ0n) is 11.1. The molecule has 2 fully saturated rings. The number of likely N-dealkylation sites (N-methyl/N-ethyl adjacent to an activating group) is 1. The van der Waals surface area contributed by atoms with Crippen molar-refractivity contribution in [2.75, 3.05) is 26.7 Å². The van der Waals surface area contributed by atoms with Crippen molar-refractivity contribution in [1.29, 1.82) is 0 Å². The number of hydrogen-bond acceptors (Lipinski definition) is 3. The topological polar surface area (TPSA) is 24.5 Å². The number of nitrogens with one attached hydrogen (secondary N) is 1. The molecule has 2 heterocycles. The van der Waals surface area contributed by atoms with Gasteiger partial charge in [0.25, 0.3) is 0 Å². The van der Waals surface area contributed by atoms with Crippen LogP contribution in [0.2, 0.25) is 0 Å². The van der Waals surface area contributed by atoms with Crippen LogP contribution in [0.4, 0.5) is 0 Å². The molecule has 3 nitrogen and oxygen atoms in total. The van der Waals surface area contributed by atoms with E-state index in [1.807, 2.05) is 0 Å². The Bertz CT molecular complexity index is 237. The summed E-state index contributed by atoms with van der Waals surface area (Å²) in [5.41, 5.74) is 0.256. The fourth-order valence-electron chi connectivity index (χ4n) is 3.22. The fourth-order valence-corrected chi connectivity index (χ4v) is 3.22. The van der Waals surface area contributed by atoms with Gasteiger partial charge in [-0.25, -0.2) is 0 Å². The smallest absolute Gasteiger partial charge is 0.0860 e. The first kappa shape index (κ1) is 12.3. The third kappa shape index (κ3) is 2.41. The Morgan fingerprint density at radius 2 is 2.12 bits per heavy atom. The molecule has 0 saturated carbocycles. The van der Waals surface area contributed by atoms with Crippen molar-refractivity contribution in [3.8, 4) is 0 Å². The summed E-state index contributed by atoms with van der Waals surface area (Å²) >= 11 is 0. The Kier molecular flexibility index (Phi) is 3.57. The lowest BCUT2D eigenvalue weighted by molar-refractivity contribution is -0.0798. The van der Waals surface area contributed by atoms with E-state index in [0.29, 0.717) is 18.2 Å². The predicted molar refractivity (Wildman–Crippen MR) is 66.6 cm³/mol. The highest BCUT2D eigenvalue weighted by molar-refractivity contribution is 4.94. The molecular formula is C13H26N2O. The number of nitrogens with zero attached hydrogens (tertiary/aromatic N) is 1. The second-order valence-corrected chi connectivity index (χ2v) is 6.30. The minimum absolute atomic E-state index is 0.256. The molecule has 94 valence electrons. The standard InChI is InChI=1S/C13H26N2O/c1-13(2,3)12(14-4)11-8-15-7-5-6-10(15)9-16-11/h10-12,14H,5-9H2,1-4H3. The zero-order chi connectivity index (χ0) is 11.8. The Morgan fingerprint density at radius 1 is 1.38 bits per heavy atom. The molecule has 3 atom stereocenters. The molecule has 2 rings (SSSR count). The summed E-state index contributed by atoms with van der Waals surface area (Å²) in [6.07, 6.45) is 3.02. The van der Waals surface area contributed by atoms with Gasteiger partial charge in [-0.2, -0.15) is 0 Å². The van der Waals surface area contributed by atoms with Crippen molar-refractivity contribution < 1.29 is 4.74 Å². The van der Waals surface area contributed by atoms with Gasteiger partial charge in [0.2, 0.25) is 0 Å². The van der Waals surface area contributed by atoms with Gasteiger partial charge in [0, 0.05) is 18.6 Å². The van der Waals surface area contributed by atoms with E-state index in [2.05, 4.69) is 38.0 Å². The molecule has 0 amide bonds. The molecular weight excluding hydrogens is 200 g/mol. The molecule has 0 aliphatic carbocycles. The van der Waals surface area contributed by atoms with Crippen molar-refractivity contribution >= 4 is 0 Å². The normalized spacial score (nSPS) is 33.8. The summed E-state index contributed by atoms with van der Waals surface area (Å²) in [4.78, 5) is 2.62. The van der Waals surface area contributed by atoms with Crippen LogP contribution in [0.3, 0.4) is 0 Å². The first-order chi connectivity index (χ1) is 7.52. The van der Waals surface area contributed by atoms with Crippen LogP contribution in [-0.2, 0) is 4.74 Å². The van der Waals surface area contributed by atoms with Crippen LogP contribution in [0.1, 0.15) is 33.6 Å². The summed E-state index contributed by atoms with van der Waals surface area (Å²) in [7, 11) is 2.05. The van der Waals surface area contributed by atoms with Crippen LogP contribution in [-0.4, -0.2) is 49.8 Å². The number of morpholine rings is 1. The summed E-state index contributed by atoms with van der Waals surface area (Å²) in [5.74, 6) is 0. The third-order valence-corrected chi connectivity index (χ3v) is 4.03. The second kappa shape index (κ2) is 4.63. The average Bonchev–Trinajstić information content (AvgIpc) is 2.63. The molecule has 0 aromatic rings. The molecule has 0 aromatic carbocycles. The SMILES string of the molecule is CNC(C1CN2CCCC2CO1)C(C)(C)C. The molecule has 2 aliphatic heterocycles. The molecule has 0 bridgehead atoms. The average molecular weight is 226 g/mol. The Hall–Kier alpha value is -0.120. The third-order valence-electron chi connectivity index (χ3n) is 4.03. The van der Waals surface area contributed by atoms with E-state index in [0.717, 1.165) is 13.2 Å². The largest absolute Gasteiger partial charge is 0.374 e. The van der Waals surface area contributed by atoms with Crippen molar-refractivity contribution in [3.05, 3.63) is 0 Å². The summed E-state index contributed by atoms with van der Waals surface area (Å²) < 4.78 is 6.07. The molecule has 2 aliphatic rings. The summed E-state index contributed by atoms with van der Waals surface area (Å²) in [5, 5.41) is 3.44. The van der Waals surface area contributed by atoms with Crippen LogP contribution >= 0.6 is 0 Å². The molecule has 1 N–H and O–H groups in total. The lowest BCUT2D eigenvalue weighted by Gasteiger charge is -2.43. The number of rotatable bonds is 2. The molecule has 3 heteroatoms. The molecule has 16 heavy (non-hydrogen) atoms. The monoisotopic (exact) mass is 226 g/mol. The van der Waals surface area contributed by atoms with Crippen LogP contribution in [0.15, 0.2) is 0 Å². The van der Waals surface area contributed by atoms with E-state index in [9.17, 15) is 0 Å². The quantitative estimate of drug-likeness (QED) is 0.772. The predicted octanol–water partition coefficient (Wildman–Crippen LogP) is 1.48. The maximum Gasteiger partial charge on any atom is 0.0860 e.